The summed E-state index contributed by atoms with van der Waals surface area (Å²) < 4.78 is -1.17. The third kappa shape index (κ3) is 5.21. The first kappa shape index (κ1) is 24.9. The Morgan fingerprint density at radius 2 is 1.79 bits per heavy atom. The van der Waals surface area contributed by atoms with E-state index in [2.05, 4.69) is 15.4 Å². The Hall–Kier alpha value is -2.22. The molecule has 2 unspecified atom stereocenters. The lowest BCUT2D eigenvalue weighted by atomic mass is 10.1. The summed E-state index contributed by atoms with van der Waals surface area (Å²) in [7, 11) is 1.67. The molecule has 1 fully saturated rings. The number of amides is 1. The van der Waals surface area contributed by atoms with Crippen LogP contribution in [0, 0.1) is 5.92 Å². The number of alkyl halides is 2. The number of halogens is 5. The predicted molar refractivity (Wildman–Crippen MR) is 140 cm³/mol. The number of aliphatic imine (C=N–C) groups is 1. The third-order valence-corrected chi connectivity index (χ3v) is 7.04. The minimum Gasteiger partial charge on any atom is -0.387 e. The maximum Gasteiger partial charge on any atom is 0.271 e. The van der Waals surface area contributed by atoms with Gasteiger partial charge in [-0.25, -0.2) is 9.98 Å². The van der Waals surface area contributed by atoms with Crippen molar-refractivity contribution in [2.24, 2.45) is 16.6 Å². The number of hydrazine groups is 1. The summed E-state index contributed by atoms with van der Waals surface area (Å²) >= 11 is 31.5. The van der Waals surface area contributed by atoms with Gasteiger partial charge < -0.3 is 5.73 Å². The zero-order valence-corrected chi connectivity index (χ0v) is 21.4. The van der Waals surface area contributed by atoms with E-state index < -0.39 is 16.2 Å². The second-order valence-electron chi connectivity index (χ2n) is 7.72. The number of hydrogen-bond donors (Lipinski definition) is 2. The zero-order chi connectivity index (χ0) is 24.6. The van der Waals surface area contributed by atoms with E-state index in [1.54, 1.807) is 55.7 Å². The van der Waals surface area contributed by atoms with Gasteiger partial charge in [0.15, 0.2) is 0 Å². The monoisotopic (exact) mass is 555 g/mol. The highest BCUT2D eigenvalue weighted by atomic mass is 35.5. The first-order chi connectivity index (χ1) is 16.1. The first-order valence-electron chi connectivity index (χ1n) is 10.0. The van der Waals surface area contributed by atoms with Crippen molar-refractivity contribution in [3.05, 3.63) is 87.0 Å². The van der Waals surface area contributed by atoms with Crippen LogP contribution in [0.2, 0.25) is 15.1 Å². The number of hydrogen-bond acceptors (Lipinski definition) is 4. The van der Waals surface area contributed by atoms with E-state index in [1.165, 1.54) is 11.1 Å². The fraction of sp³-hybridized carbons (Fsp3) is 0.174. The van der Waals surface area contributed by atoms with E-state index in [-0.39, 0.29) is 22.3 Å². The molecule has 3 aromatic rings. The summed E-state index contributed by atoms with van der Waals surface area (Å²) in [6.45, 7) is 0. The van der Waals surface area contributed by atoms with Crippen LogP contribution in [0.4, 0.5) is 11.5 Å². The highest BCUT2D eigenvalue weighted by Gasteiger charge is 2.66. The summed E-state index contributed by atoms with van der Waals surface area (Å²) in [5.74, 6) is -0.459. The molecule has 1 aliphatic carbocycles. The van der Waals surface area contributed by atoms with Crippen molar-refractivity contribution >= 4 is 81.3 Å². The Kier molecular flexibility index (Phi) is 7.17. The van der Waals surface area contributed by atoms with Crippen LogP contribution in [0.25, 0.3) is 0 Å². The van der Waals surface area contributed by atoms with Gasteiger partial charge in [-0.2, -0.15) is 0 Å². The molecule has 176 valence electrons. The summed E-state index contributed by atoms with van der Waals surface area (Å²) in [6, 6.07) is 15.2. The average Bonchev–Trinajstić information content (AvgIpc) is 3.37. The second kappa shape index (κ2) is 9.80. The first-order valence-corrected chi connectivity index (χ1v) is 11.9. The van der Waals surface area contributed by atoms with Crippen molar-refractivity contribution in [1.82, 2.24) is 10.4 Å². The van der Waals surface area contributed by atoms with Gasteiger partial charge in [0, 0.05) is 29.2 Å². The Labute approximate surface area is 221 Å². The molecule has 0 saturated heterocycles. The number of nitrogens with one attached hydrogen (secondary N) is 1. The molecule has 1 saturated carbocycles. The van der Waals surface area contributed by atoms with Gasteiger partial charge in [-0.05, 0) is 54.1 Å². The van der Waals surface area contributed by atoms with Gasteiger partial charge in [0.05, 0.1) is 22.2 Å². The van der Waals surface area contributed by atoms with Gasteiger partial charge in [-0.15, -0.1) is 23.2 Å². The number of carbonyl (C=O) groups is 1. The molecule has 2 atom stereocenters. The van der Waals surface area contributed by atoms with E-state index in [0.29, 0.717) is 21.6 Å². The molecule has 11 heteroatoms. The topological polar surface area (TPSA) is 83.6 Å². The number of anilines is 1. The molecule has 1 aliphatic rings. The Bertz CT molecular complexity index is 1250. The molecule has 1 amide bonds. The fourth-order valence-electron chi connectivity index (χ4n) is 3.66. The van der Waals surface area contributed by atoms with E-state index in [9.17, 15) is 4.79 Å². The van der Waals surface area contributed by atoms with Crippen LogP contribution in [-0.4, -0.2) is 28.1 Å². The molecule has 4 rings (SSSR count). The van der Waals surface area contributed by atoms with Crippen molar-refractivity contribution in [1.29, 1.82) is 0 Å². The molecule has 1 aromatic heterocycles. The quantitative estimate of drug-likeness (QED) is 0.159. The highest BCUT2D eigenvalue weighted by molar-refractivity contribution is 6.53. The molecule has 1 heterocycles. The van der Waals surface area contributed by atoms with E-state index in [4.69, 9.17) is 63.7 Å². The summed E-state index contributed by atoms with van der Waals surface area (Å²) in [5.41, 5.74) is 10.4. The Balaban J connectivity index is 1.55. The molecular weight excluding hydrogens is 540 g/mol. The van der Waals surface area contributed by atoms with Crippen LogP contribution in [0.1, 0.15) is 21.8 Å². The molecule has 0 bridgehead atoms. The number of benzene rings is 2. The Morgan fingerprint density at radius 1 is 1.09 bits per heavy atom. The van der Waals surface area contributed by atoms with Gasteiger partial charge in [0.1, 0.15) is 16.0 Å². The fourth-order valence-corrected chi connectivity index (χ4v) is 5.26. The van der Waals surface area contributed by atoms with Crippen molar-refractivity contribution in [2.75, 3.05) is 12.1 Å². The number of nitrogens with zero attached hydrogens (tertiary/aromatic N) is 3. The van der Waals surface area contributed by atoms with E-state index in [0.717, 1.165) is 5.56 Å². The third-order valence-electron chi connectivity index (χ3n) is 5.33. The van der Waals surface area contributed by atoms with E-state index >= 15 is 0 Å². The second-order valence-corrected chi connectivity index (χ2v) is 10.4. The zero-order valence-electron chi connectivity index (χ0n) is 17.6. The summed E-state index contributed by atoms with van der Waals surface area (Å²) in [5, 5.41) is 2.68. The van der Waals surface area contributed by atoms with Crippen LogP contribution in [0.5, 0.6) is 0 Å². The van der Waals surface area contributed by atoms with Gasteiger partial charge in [-0.1, -0.05) is 40.9 Å². The van der Waals surface area contributed by atoms with Crippen LogP contribution < -0.4 is 16.2 Å². The number of pyridine rings is 1. The van der Waals surface area contributed by atoms with Gasteiger partial charge in [0.2, 0.25) is 0 Å². The number of aromatic nitrogens is 1. The number of carbonyl (C=O) groups excluding carboxylic acids is 1. The van der Waals surface area contributed by atoms with Crippen LogP contribution >= 0.6 is 58.0 Å². The smallest absolute Gasteiger partial charge is 0.271 e. The normalized spacial score (nSPS) is 18.9. The van der Waals surface area contributed by atoms with Crippen molar-refractivity contribution in [3.63, 3.8) is 0 Å². The van der Waals surface area contributed by atoms with E-state index in [1.807, 2.05) is 6.07 Å². The molecular formula is C23H18Cl5N5O. The summed E-state index contributed by atoms with van der Waals surface area (Å²) in [4.78, 5) is 21.5. The van der Waals surface area contributed by atoms with Crippen LogP contribution in [0.3, 0.4) is 0 Å². The molecule has 6 nitrogen and oxygen atoms in total. The maximum atomic E-state index is 12.8. The van der Waals surface area contributed by atoms with Gasteiger partial charge in [-0.3, -0.25) is 15.2 Å². The average molecular weight is 558 g/mol. The lowest BCUT2D eigenvalue weighted by Gasteiger charge is -2.19. The van der Waals surface area contributed by atoms with Crippen molar-refractivity contribution < 1.29 is 4.79 Å². The number of rotatable bonds is 6. The molecule has 2 aromatic carbocycles. The largest absolute Gasteiger partial charge is 0.387 e. The SMILES string of the molecule is CN(NC(=O)c1cc(N=C(N)C2C(c3cc(Cl)cc(Cl)c3)C2(Cl)Cl)ccc1Cl)c1ccccn1. The lowest BCUT2D eigenvalue weighted by molar-refractivity contribution is 0.0951. The minimum absolute atomic E-state index is 0.213. The molecule has 0 radical (unpaired) electrons. The van der Waals surface area contributed by atoms with Crippen LogP contribution in [0.15, 0.2) is 65.8 Å². The molecule has 0 spiro atoms. The standard InChI is InChI=1S/C23H18Cl5N5O/c1-33(18-4-2-3-7-30-18)32-22(34)16-11-15(5-6-17(16)26)31-21(29)20-19(23(20,27)28)12-8-13(24)10-14(25)9-12/h2-11,19-20H,1H3,(H2,29,31)(H,32,34). The van der Waals surface area contributed by atoms with Crippen molar-refractivity contribution in [3.8, 4) is 0 Å². The highest BCUT2D eigenvalue weighted by Crippen LogP contribution is 2.65. The molecule has 3 N–H and O–H groups in total. The maximum absolute atomic E-state index is 12.8. The number of nitrogens with two attached hydrogens (primary N) is 1. The lowest BCUT2D eigenvalue weighted by Crippen LogP contribution is -2.39. The molecule has 34 heavy (non-hydrogen) atoms. The minimum atomic E-state index is -1.17. The van der Waals surface area contributed by atoms with Crippen molar-refractivity contribution in [2.45, 2.75) is 10.3 Å². The van der Waals surface area contributed by atoms with Gasteiger partial charge >= 0.3 is 0 Å². The van der Waals surface area contributed by atoms with Crippen LogP contribution in [-0.2, 0) is 0 Å². The van der Waals surface area contributed by atoms with Gasteiger partial charge in [0.25, 0.3) is 5.91 Å². The molecule has 0 aliphatic heterocycles. The Morgan fingerprint density at radius 3 is 2.44 bits per heavy atom. The summed E-state index contributed by atoms with van der Waals surface area (Å²) in [6.07, 6.45) is 1.62. The number of amidine groups is 1. The predicted octanol–water partition coefficient (Wildman–Crippen LogP) is 6.40.